The Balaban J connectivity index is 2.32. The van der Waals surface area contributed by atoms with E-state index in [1.165, 1.54) is 24.3 Å². The van der Waals surface area contributed by atoms with E-state index in [0.717, 1.165) is 5.57 Å². The van der Waals surface area contributed by atoms with Gasteiger partial charge in [0, 0.05) is 0 Å². The molecule has 6 heteroatoms. The van der Waals surface area contributed by atoms with Crippen LogP contribution in [0.25, 0.3) is 0 Å². The van der Waals surface area contributed by atoms with E-state index >= 15 is 0 Å². The molecule has 0 saturated carbocycles. The molecule has 2 aromatic carbocycles. The SMILES string of the molecule is CC=C(C=C(C)C(C)C)OP(=O)(Oc1ccccc1)Oc1ccc(O)cc1. The molecule has 0 aromatic heterocycles. The molecule has 1 N–H and O–H groups in total. The van der Waals surface area contributed by atoms with Gasteiger partial charge in [-0.1, -0.05) is 37.6 Å². The molecule has 0 amide bonds. The number of aromatic hydroxyl groups is 1. The number of hydrogen-bond donors (Lipinski definition) is 1. The predicted octanol–water partition coefficient (Wildman–Crippen LogP) is 6.48. The lowest BCUT2D eigenvalue weighted by Crippen LogP contribution is -2.05. The average molecular weight is 388 g/mol. The largest absolute Gasteiger partial charge is 0.647 e. The van der Waals surface area contributed by atoms with E-state index in [2.05, 4.69) is 13.8 Å². The van der Waals surface area contributed by atoms with Crippen molar-refractivity contribution in [2.45, 2.75) is 27.7 Å². The van der Waals surface area contributed by atoms with Gasteiger partial charge < -0.3 is 18.7 Å². The Morgan fingerprint density at radius 2 is 1.56 bits per heavy atom. The lowest BCUT2D eigenvalue weighted by atomic mass is 10.0. The zero-order chi connectivity index (χ0) is 19.9. The number of phenols is 1. The second kappa shape index (κ2) is 9.33. The molecule has 0 fully saturated rings. The maximum atomic E-state index is 13.4. The van der Waals surface area contributed by atoms with E-state index in [0.29, 0.717) is 17.4 Å². The van der Waals surface area contributed by atoms with Crippen molar-refractivity contribution in [1.82, 2.24) is 0 Å². The molecule has 1 unspecified atom stereocenters. The zero-order valence-electron chi connectivity index (χ0n) is 16.0. The van der Waals surface area contributed by atoms with E-state index in [4.69, 9.17) is 13.6 Å². The van der Waals surface area contributed by atoms with Crippen LogP contribution < -0.4 is 9.05 Å². The van der Waals surface area contributed by atoms with Gasteiger partial charge in [-0.05, 0) is 68.3 Å². The highest BCUT2D eigenvalue weighted by molar-refractivity contribution is 7.49. The van der Waals surface area contributed by atoms with Crippen molar-refractivity contribution in [3.05, 3.63) is 78.1 Å². The maximum Gasteiger partial charge on any atom is 0.647 e. The van der Waals surface area contributed by atoms with Crippen LogP contribution in [0.2, 0.25) is 0 Å². The first-order valence-corrected chi connectivity index (χ1v) is 10.1. The van der Waals surface area contributed by atoms with Gasteiger partial charge in [-0.3, -0.25) is 0 Å². The molecule has 2 aromatic rings. The number of phosphoric ester groups is 1. The van der Waals surface area contributed by atoms with Gasteiger partial charge in [0.25, 0.3) is 0 Å². The lowest BCUT2D eigenvalue weighted by molar-refractivity contribution is 0.262. The van der Waals surface area contributed by atoms with Crippen LogP contribution in [0.15, 0.2) is 78.1 Å². The average Bonchev–Trinajstić information content (AvgIpc) is 2.63. The third-order valence-electron chi connectivity index (χ3n) is 3.80. The van der Waals surface area contributed by atoms with Gasteiger partial charge in [0.2, 0.25) is 0 Å². The highest BCUT2D eigenvalue weighted by Gasteiger charge is 2.33. The smallest absolute Gasteiger partial charge is 0.508 e. The predicted molar refractivity (Wildman–Crippen MR) is 107 cm³/mol. The first-order chi connectivity index (χ1) is 12.8. The van der Waals surface area contributed by atoms with Gasteiger partial charge in [0.05, 0.1) is 0 Å². The van der Waals surface area contributed by atoms with Crippen LogP contribution in [-0.2, 0) is 9.09 Å². The maximum absolute atomic E-state index is 13.4. The van der Waals surface area contributed by atoms with E-state index in [1.54, 1.807) is 37.3 Å². The topological polar surface area (TPSA) is 65.0 Å². The van der Waals surface area contributed by atoms with Crippen molar-refractivity contribution in [2.24, 2.45) is 5.92 Å². The van der Waals surface area contributed by atoms with Crippen molar-refractivity contribution in [3.8, 4) is 17.2 Å². The minimum atomic E-state index is -4.03. The molecule has 144 valence electrons. The summed E-state index contributed by atoms with van der Waals surface area (Å²) >= 11 is 0. The van der Waals surface area contributed by atoms with E-state index in [1.807, 2.05) is 19.1 Å². The van der Waals surface area contributed by atoms with Crippen molar-refractivity contribution in [1.29, 1.82) is 0 Å². The van der Waals surface area contributed by atoms with Gasteiger partial charge >= 0.3 is 7.82 Å². The summed E-state index contributed by atoms with van der Waals surface area (Å²) in [4.78, 5) is 0. The molecule has 1 atom stereocenters. The number of hydrogen-bond acceptors (Lipinski definition) is 5. The molecular weight excluding hydrogens is 363 g/mol. The summed E-state index contributed by atoms with van der Waals surface area (Å²) in [5.74, 6) is 1.40. The quantitative estimate of drug-likeness (QED) is 0.318. The number of allylic oxidation sites excluding steroid dienone is 3. The summed E-state index contributed by atoms with van der Waals surface area (Å²) in [6, 6.07) is 14.5. The molecule has 0 aliphatic heterocycles. The number of phosphoric acid groups is 1. The number of phenolic OH excluding ortho intramolecular Hbond substituents is 1. The van der Waals surface area contributed by atoms with Crippen LogP contribution in [0.3, 0.4) is 0 Å². The van der Waals surface area contributed by atoms with E-state index in [9.17, 15) is 9.67 Å². The summed E-state index contributed by atoms with van der Waals surface area (Å²) in [5.41, 5.74) is 1.07. The van der Waals surface area contributed by atoms with Gasteiger partial charge in [-0.2, -0.15) is 4.57 Å². The van der Waals surface area contributed by atoms with Crippen molar-refractivity contribution in [3.63, 3.8) is 0 Å². The van der Waals surface area contributed by atoms with Gasteiger partial charge in [0.1, 0.15) is 23.0 Å². The van der Waals surface area contributed by atoms with E-state index in [-0.39, 0.29) is 11.5 Å². The van der Waals surface area contributed by atoms with E-state index < -0.39 is 7.82 Å². The first kappa shape index (κ1) is 20.7. The normalized spacial score (nSPS) is 14.6. The van der Waals surface area contributed by atoms with Crippen molar-refractivity contribution < 1.29 is 23.2 Å². The van der Waals surface area contributed by atoms with Gasteiger partial charge in [0.15, 0.2) is 0 Å². The minimum absolute atomic E-state index is 0.0757. The number of rotatable bonds is 8. The fourth-order valence-electron chi connectivity index (χ4n) is 1.98. The van der Waals surface area contributed by atoms with Crippen molar-refractivity contribution in [2.75, 3.05) is 0 Å². The molecule has 0 heterocycles. The second-order valence-corrected chi connectivity index (χ2v) is 7.70. The molecule has 0 aliphatic carbocycles. The van der Waals surface area contributed by atoms with Crippen LogP contribution in [0.4, 0.5) is 0 Å². The van der Waals surface area contributed by atoms with Crippen LogP contribution in [0, 0.1) is 5.92 Å². The summed E-state index contributed by atoms with van der Waals surface area (Å²) in [7, 11) is -4.03. The second-order valence-electron chi connectivity index (χ2n) is 6.26. The molecule has 0 spiro atoms. The summed E-state index contributed by atoms with van der Waals surface area (Å²) in [6.45, 7) is 7.88. The zero-order valence-corrected chi connectivity index (χ0v) is 16.9. The fraction of sp³-hybridized carbons (Fsp3) is 0.238. The summed E-state index contributed by atoms with van der Waals surface area (Å²) in [5, 5.41) is 9.42. The molecule has 0 radical (unpaired) electrons. The first-order valence-electron chi connectivity index (χ1n) is 8.69. The standard InChI is InChI=1S/C21H25O5P/c1-5-19(15-17(4)16(2)3)24-27(23,25-20-9-7-6-8-10-20)26-21-13-11-18(22)12-14-21/h5-16,22H,1-4H3. The third-order valence-corrected chi connectivity index (χ3v) is 5.10. The van der Waals surface area contributed by atoms with Crippen LogP contribution >= 0.6 is 7.82 Å². The molecular formula is C21H25O5P. The Morgan fingerprint density at radius 3 is 2.07 bits per heavy atom. The molecule has 5 nitrogen and oxygen atoms in total. The summed E-state index contributed by atoms with van der Waals surface area (Å²) < 4.78 is 30.2. The van der Waals surface area contributed by atoms with Gasteiger partial charge in [-0.15, -0.1) is 0 Å². The Bertz CT molecular complexity index is 839. The molecule has 0 saturated heterocycles. The lowest BCUT2D eigenvalue weighted by Gasteiger charge is -2.20. The molecule has 0 bridgehead atoms. The molecule has 0 aliphatic rings. The van der Waals surface area contributed by atoms with Crippen LogP contribution in [0.5, 0.6) is 17.2 Å². The Kier molecular flexibility index (Phi) is 7.14. The van der Waals surface area contributed by atoms with Crippen LogP contribution in [0.1, 0.15) is 27.7 Å². The van der Waals surface area contributed by atoms with Crippen LogP contribution in [-0.4, -0.2) is 5.11 Å². The number of benzene rings is 2. The minimum Gasteiger partial charge on any atom is -0.508 e. The number of para-hydroxylation sites is 1. The Hall–Kier alpha value is -2.65. The third kappa shape index (κ3) is 6.54. The van der Waals surface area contributed by atoms with Crippen molar-refractivity contribution >= 4 is 7.82 Å². The Labute approximate surface area is 160 Å². The highest BCUT2D eigenvalue weighted by atomic mass is 31.2. The fourth-order valence-corrected chi connectivity index (χ4v) is 3.27. The Morgan fingerprint density at radius 1 is 1.00 bits per heavy atom. The highest BCUT2D eigenvalue weighted by Crippen LogP contribution is 2.51. The molecule has 2 rings (SSSR count). The molecule has 27 heavy (non-hydrogen) atoms. The summed E-state index contributed by atoms with van der Waals surface area (Å²) in [6.07, 6.45) is 3.51. The van der Waals surface area contributed by atoms with Gasteiger partial charge in [-0.25, -0.2) is 0 Å². The monoisotopic (exact) mass is 388 g/mol.